The highest BCUT2D eigenvalue weighted by Gasteiger charge is 2.16. The average Bonchev–Trinajstić information content (AvgIpc) is 3.07. The quantitative estimate of drug-likeness (QED) is 0.647. The van der Waals surface area contributed by atoms with Crippen molar-refractivity contribution in [3.8, 4) is 6.07 Å². The molecule has 0 aliphatic heterocycles. The van der Waals surface area contributed by atoms with Crippen molar-refractivity contribution in [2.45, 2.75) is 11.4 Å². The normalized spacial score (nSPS) is 10.7. The van der Waals surface area contributed by atoms with Gasteiger partial charge in [-0.05, 0) is 12.1 Å². The predicted molar refractivity (Wildman–Crippen MR) is 102 cm³/mol. The van der Waals surface area contributed by atoms with Gasteiger partial charge < -0.3 is 9.88 Å². The summed E-state index contributed by atoms with van der Waals surface area (Å²) in [6.45, 7) is -0.138. The van der Waals surface area contributed by atoms with Gasteiger partial charge in [-0.15, -0.1) is 11.8 Å². The molecule has 2 heterocycles. The number of nitriles is 1. The molecule has 0 bridgehead atoms. The summed E-state index contributed by atoms with van der Waals surface area (Å²) < 4.78 is 3.66. The van der Waals surface area contributed by atoms with E-state index in [9.17, 15) is 14.4 Å². The standard InChI is InChI=1S/C17H16N6O3S/c1-21-15-14(16(25)22(2)17(21)26)23(10-19-15)9-13(24)20-11-5-3-4-6-12(11)27-8-7-18/h3-6,10H,8-9H2,1-2H3,(H,20,24). The number of amides is 1. The summed E-state index contributed by atoms with van der Waals surface area (Å²) in [5.41, 5.74) is 0.00395. The maximum atomic E-state index is 12.5. The zero-order valence-corrected chi connectivity index (χ0v) is 15.5. The van der Waals surface area contributed by atoms with Gasteiger partial charge in [0.2, 0.25) is 5.91 Å². The molecule has 1 amide bonds. The van der Waals surface area contributed by atoms with Crippen molar-refractivity contribution in [3.63, 3.8) is 0 Å². The van der Waals surface area contributed by atoms with Crippen LogP contribution in [0.3, 0.4) is 0 Å². The molecule has 2 aromatic heterocycles. The van der Waals surface area contributed by atoms with Gasteiger partial charge in [-0.1, -0.05) is 12.1 Å². The van der Waals surface area contributed by atoms with Crippen LogP contribution in [0.15, 0.2) is 45.1 Å². The minimum Gasteiger partial charge on any atom is -0.324 e. The number of hydrogen-bond donors (Lipinski definition) is 1. The molecule has 0 fully saturated rings. The molecule has 0 saturated heterocycles. The number of rotatable bonds is 5. The van der Waals surface area contributed by atoms with Crippen LogP contribution in [0.25, 0.3) is 11.2 Å². The highest BCUT2D eigenvalue weighted by molar-refractivity contribution is 7.99. The number of aromatic nitrogens is 4. The number of benzene rings is 1. The van der Waals surface area contributed by atoms with Crippen molar-refractivity contribution in [2.75, 3.05) is 11.1 Å². The third-order valence-electron chi connectivity index (χ3n) is 3.98. The monoisotopic (exact) mass is 384 g/mol. The highest BCUT2D eigenvalue weighted by atomic mass is 32.2. The molecule has 3 aromatic rings. The van der Waals surface area contributed by atoms with E-state index in [2.05, 4.69) is 10.3 Å². The topological polar surface area (TPSA) is 115 Å². The van der Waals surface area contributed by atoms with Crippen molar-refractivity contribution in [1.82, 2.24) is 18.7 Å². The number of aryl methyl sites for hydroxylation is 1. The summed E-state index contributed by atoms with van der Waals surface area (Å²) in [5.74, 6) is -0.0847. The van der Waals surface area contributed by atoms with Crippen molar-refractivity contribution < 1.29 is 4.79 Å². The second-order valence-electron chi connectivity index (χ2n) is 5.74. The first kappa shape index (κ1) is 18.5. The molecule has 0 aliphatic rings. The lowest BCUT2D eigenvalue weighted by Gasteiger charge is -2.10. The molecule has 3 rings (SSSR count). The van der Waals surface area contributed by atoms with Crippen LogP contribution in [0, 0.1) is 11.3 Å². The van der Waals surface area contributed by atoms with Crippen LogP contribution in [-0.4, -0.2) is 30.3 Å². The number of nitrogens with one attached hydrogen (secondary N) is 1. The summed E-state index contributed by atoms with van der Waals surface area (Å²) in [6.07, 6.45) is 1.36. The fourth-order valence-electron chi connectivity index (χ4n) is 2.67. The SMILES string of the molecule is Cn1c(=O)c2c(ncn2CC(=O)Nc2ccccc2SCC#N)n(C)c1=O. The maximum Gasteiger partial charge on any atom is 0.332 e. The van der Waals surface area contributed by atoms with Crippen LogP contribution in [0.5, 0.6) is 0 Å². The smallest absolute Gasteiger partial charge is 0.324 e. The minimum atomic E-state index is -0.511. The number of thioether (sulfide) groups is 1. The lowest BCUT2D eigenvalue weighted by Crippen LogP contribution is -2.37. The molecular weight excluding hydrogens is 368 g/mol. The summed E-state index contributed by atoms with van der Waals surface area (Å²) >= 11 is 1.32. The number of anilines is 1. The molecule has 27 heavy (non-hydrogen) atoms. The number of nitrogens with zero attached hydrogens (tertiary/aromatic N) is 5. The Hall–Kier alpha value is -3.32. The molecule has 9 nitrogen and oxygen atoms in total. The second kappa shape index (κ2) is 7.51. The fourth-order valence-corrected chi connectivity index (χ4v) is 3.34. The van der Waals surface area contributed by atoms with Crippen LogP contribution in [0.4, 0.5) is 5.69 Å². The Kier molecular flexibility index (Phi) is 5.14. The fraction of sp³-hybridized carbons (Fsp3) is 0.235. The van der Waals surface area contributed by atoms with Gasteiger partial charge >= 0.3 is 5.69 Å². The van der Waals surface area contributed by atoms with Crippen LogP contribution >= 0.6 is 11.8 Å². The number of hydrogen-bond acceptors (Lipinski definition) is 6. The first-order chi connectivity index (χ1) is 12.9. The Morgan fingerprint density at radius 1 is 1.26 bits per heavy atom. The summed E-state index contributed by atoms with van der Waals surface area (Å²) in [7, 11) is 2.90. The van der Waals surface area contributed by atoms with E-state index in [1.807, 2.05) is 18.2 Å². The Labute approximate surface area is 157 Å². The molecule has 10 heteroatoms. The van der Waals surface area contributed by atoms with Gasteiger partial charge in [0.05, 0.1) is 23.8 Å². The van der Waals surface area contributed by atoms with Gasteiger partial charge in [0.15, 0.2) is 11.2 Å². The number of para-hydroxylation sites is 1. The lowest BCUT2D eigenvalue weighted by atomic mass is 10.3. The van der Waals surface area contributed by atoms with Gasteiger partial charge in [0.1, 0.15) is 6.54 Å². The Morgan fingerprint density at radius 2 is 2.00 bits per heavy atom. The van der Waals surface area contributed by atoms with Gasteiger partial charge in [0.25, 0.3) is 5.56 Å². The summed E-state index contributed by atoms with van der Waals surface area (Å²) in [5, 5.41) is 11.5. The lowest BCUT2D eigenvalue weighted by molar-refractivity contribution is -0.116. The van der Waals surface area contributed by atoms with Gasteiger partial charge in [-0.3, -0.25) is 18.7 Å². The largest absolute Gasteiger partial charge is 0.332 e. The molecule has 0 unspecified atom stereocenters. The Morgan fingerprint density at radius 3 is 2.74 bits per heavy atom. The first-order valence-electron chi connectivity index (χ1n) is 7.93. The second-order valence-corrected chi connectivity index (χ2v) is 6.76. The van der Waals surface area contributed by atoms with Gasteiger partial charge in [-0.25, -0.2) is 9.78 Å². The third kappa shape index (κ3) is 3.50. The molecule has 0 radical (unpaired) electrons. The van der Waals surface area contributed by atoms with E-state index < -0.39 is 11.2 Å². The minimum absolute atomic E-state index is 0.138. The van der Waals surface area contributed by atoms with E-state index in [0.29, 0.717) is 5.69 Å². The van der Waals surface area contributed by atoms with Gasteiger partial charge in [-0.2, -0.15) is 5.26 Å². The van der Waals surface area contributed by atoms with Crippen molar-refractivity contribution in [1.29, 1.82) is 5.26 Å². The predicted octanol–water partition coefficient (Wildman–Crippen LogP) is 0.688. The molecule has 0 atom stereocenters. The Bertz CT molecular complexity index is 1180. The Balaban J connectivity index is 1.89. The number of carbonyl (C=O) groups is 1. The van der Waals surface area contributed by atoms with E-state index in [-0.39, 0.29) is 29.4 Å². The molecule has 138 valence electrons. The maximum absolute atomic E-state index is 12.5. The van der Waals surface area contributed by atoms with E-state index in [0.717, 1.165) is 9.46 Å². The zero-order valence-electron chi connectivity index (χ0n) is 14.7. The van der Waals surface area contributed by atoms with Crippen LogP contribution in [-0.2, 0) is 25.4 Å². The highest BCUT2D eigenvalue weighted by Crippen LogP contribution is 2.26. The zero-order chi connectivity index (χ0) is 19.6. The number of fused-ring (bicyclic) bond motifs is 1. The summed E-state index contributed by atoms with van der Waals surface area (Å²) in [6, 6.07) is 9.21. The number of carbonyl (C=O) groups excluding carboxylic acids is 1. The molecule has 1 aromatic carbocycles. The molecule has 1 N–H and O–H groups in total. The van der Waals surface area contributed by atoms with Crippen molar-refractivity contribution >= 4 is 34.5 Å². The summed E-state index contributed by atoms with van der Waals surface area (Å²) in [4.78, 5) is 41.7. The first-order valence-corrected chi connectivity index (χ1v) is 8.92. The van der Waals surface area contributed by atoms with E-state index in [4.69, 9.17) is 5.26 Å². The van der Waals surface area contributed by atoms with Gasteiger partial charge in [0, 0.05) is 19.0 Å². The van der Waals surface area contributed by atoms with Crippen LogP contribution in [0.2, 0.25) is 0 Å². The third-order valence-corrected chi connectivity index (χ3v) is 4.92. The van der Waals surface area contributed by atoms with E-state index in [1.54, 1.807) is 12.1 Å². The van der Waals surface area contributed by atoms with Crippen molar-refractivity contribution in [2.24, 2.45) is 14.1 Å². The molecule has 0 spiro atoms. The van der Waals surface area contributed by atoms with Crippen LogP contribution < -0.4 is 16.6 Å². The number of imidazole rings is 1. The molecular formula is C17H16N6O3S. The molecule has 0 aliphatic carbocycles. The van der Waals surface area contributed by atoms with Crippen LogP contribution in [0.1, 0.15) is 0 Å². The average molecular weight is 384 g/mol. The van der Waals surface area contributed by atoms with E-state index in [1.165, 1.54) is 41.3 Å². The van der Waals surface area contributed by atoms with E-state index >= 15 is 0 Å². The van der Waals surface area contributed by atoms with Crippen molar-refractivity contribution in [3.05, 3.63) is 51.4 Å². The molecule has 0 saturated carbocycles.